The van der Waals surface area contributed by atoms with Gasteiger partial charge in [0.05, 0.1) is 18.4 Å². The molecule has 1 aromatic carbocycles. The van der Waals surface area contributed by atoms with Gasteiger partial charge in [-0.25, -0.2) is 17.7 Å². The maximum absolute atomic E-state index is 12.6. The van der Waals surface area contributed by atoms with Gasteiger partial charge in [-0.05, 0) is 31.0 Å². The molecular weight excluding hydrogens is 381 g/mol. The molecule has 1 rings (SSSR count). The van der Waals surface area contributed by atoms with Crippen LogP contribution >= 0.6 is 0 Å². The summed E-state index contributed by atoms with van der Waals surface area (Å²) < 4.78 is 62.2. The molecule has 0 aromatic heterocycles. The molecule has 0 fully saturated rings. The summed E-state index contributed by atoms with van der Waals surface area (Å²) in [7, 11) is -3.21. The summed E-state index contributed by atoms with van der Waals surface area (Å²) in [6.07, 6.45) is -2.57. The van der Waals surface area contributed by atoms with Crippen LogP contribution in [0.2, 0.25) is 0 Å². The van der Waals surface area contributed by atoms with Gasteiger partial charge in [-0.1, -0.05) is 19.1 Å². The van der Waals surface area contributed by atoms with E-state index in [0.29, 0.717) is 44.1 Å². The summed E-state index contributed by atoms with van der Waals surface area (Å²) in [5.74, 6) is 0.528. The maximum Gasteiger partial charge on any atom is 0.416 e. The molecule has 6 nitrogen and oxygen atoms in total. The van der Waals surface area contributed by atoms with Crippen molar-refractivity contribution >= 4 is 16.0 Å². The second-order valence-corrected chi connectivity index (χ2v) is 7.91. The number of hydrogen-bond acceptors (Lipinski definition) is 3. The molecule has 0 aliphatic carbocycles. The van der Waals surface area contributed by atoms with Crippen LogP contribution in [0.5, 0.6) is 0 Å². The highest BCUT2D eigenvalue weighted by molar-refractivity contribution is 7.88. The fourth-order valence-electron chi connectivity index (χ4n) is 2.33. The van der Waals surface area contributed by atoms with Gasteiger partial charge in [0.25, 0.3) is 0 Å². The summed E-state index contributed by atoms with van der Waals surface area (Å²) in [4.78, 5) is 4.34. The number of benzene rings is 1. The molecule has 154 valence electrons. The number of nitrogens with one attached hydrogen (secondary N) is 2. The molecule has 0 aliphatic rings. The van der Waals surface area contributed by atoms with E-state index >= 15 is 0 Å². The monoisotopic (exact) mass is 408 g/mol. The predicted molar refractivity (Wildman–Crippen MR) is 101 cm³/mol. The fourth-order valence-corrected chi connectivity index (χ4v) is 3.26. The van der Waals surface area contributed by atoms with Gasteiger partial charge in [-0.15, -0.1) is 0 Å². The van der Waals surface area contributed by atoms with E-state index in [9.17, 15) is 21.6 Å². The third-order valence-electron chi connectivity index (χ3n) is 3.74. The minimum absolute atomic E-state index is 0.234. The van der Waals surface area contributed by atoms with E-state index in [1.165, 1.54) is 22.7 Å². The smallest absolute Gasteiger partial charge is 0.357 e. The van der Waals surface area contributed by atoms with Crippen molar-refractivity contribution in [3.8, 4) is 0 Å². The highest BCUT2D eigenvalue weighted by atomic mass is 32.2. The van der Waals surface area contributed by atoms with E-state index in [1.54, 1.807) is 6.92 Å². The van der Waals surface area contributed by atoms with E-state index in [4.69, 9.17) is 0 Å². The van der Waals surface area contributed by atoms with Gasteiger partial charge in [0.2, 0.25) is 10.0 Å². The number of hydrogen-bond donors (Lipinski definition) is 2. The van der Waals surface area contributed by atoms with Crippen molar-refractivity contribution in [1.29, 1.82) is 0 Å². The first kappa shape index (κ1) is 23.2. The number of guanidine groups is 1. The Morgan fingerprint density at radius 3 is 2.26 bits per heavy atom. The zero-order chi connectivity index (χ0) is 20.5. The average molecular weight is 408 g/mol. The molecule has 27 heavy (non-hydrogen) atoms. The van der Waals surface area contributed by atoms with E-state index < -0.39 is 21.8 Å². The first-order valence-electron chi connectivity index (χ1n) is 8.71. The Morgan fingerprint density at radius 2 is 1.78 bits per heavy atom. The maximum atomic E-state index is 12.6. The van der Waals surface area contributed by atoms with E-state index in [1.807, 2.05) is 6.92 Å². The molecule has 1 aromatic rings. The largest absolute Gasteiger partial charge is 0.416 e. The zero-order valence-corrected chi connectivity index (χ0v) is 16.6. The summed E-state index contributed by atoms with van der Waals surface area (Å²) in [5, 5.41) is 6.14. The summed E-state index contributed by atoms with van der Waals surface area (Å²) in [6, 6.07) is 4.88. The first-order valence-corrected chi connectivity index (χ1v) is 10.6. The minimum Gasteiger partial charge on any atom is -0.357 e. The van der Waals surface area contributed by atoms with Crippen LogP contribution in [0.4, 0.5) is 13.2 Å². The van der Waals surface area contributed by atoms with Gasteiger partial charge >= 0.3 is 6.18 Å². The van der Waals surface area contributed by atoms with Gasteiger partial charge in [0, 0.05) is 26.2 Å². The third-order valence-corrected chi connectivity index (χ3v) is 5.12. The van der Waals surface area contributed by atoms with Crippen LogP contribution in [-0.4, -0.2) is 51.1 Å². The molecule has 0 saturated carbocycles. The van der Waals surface area contributed by atoms with Crippen LogP contribution in [0.25, 0.3) is 0 Å². The molecule has 0 amide bonds. The van der Waals surface area contributed by atoms with Crippen molar-refractivity contribution in [1.82, 2.24) is 14.9 Å². The fraction of sp³-hybridized carbons (Fsp3) is 0.588. The van der Waals surface area contributed by atoms with Gasteiger partial charge in [-0.2, -0.15) is 13.2 Å². The molecule has 0 aliphatic heterocycles. The lowest BCUT2D eigenvalue weighted by molar-refractivity contribution is -0.137. The van der Waals surface area contributed by atoms with Crippen molar-refractivity contribution in [2.45, 2.75) is 33.0 Å². The number of sulfonamides is 1. The van der Waals surface area contributed by atoms with Crippen molar-refractivity contribution < 1.29 is 21.6 Å². The topological polar surface area (TPSA) is 73.8 Å². The molecule has 0 heterocycles. The van der Waals surface area contributed by atoms with Crippen LogP contribution < -0.4 is 10.6 Å². The van der Waals surface area contributed by atoms with Gasteiger partial charge in [0.15, 0.2) is 5.96 Å². The Hall–Kier alpha value is -1.81. The van der Waals surface area contributed by atoms with Crippen molar-refractivity contribution in [3.05, 3.63) is 35.4 Å². The van der Waals surface area contributed by atoms with Crippen LogP contribution in [0.15, 0.2) is 29.3 Å². The first-order chi connectivity index (χ1) is 12.6. The van der Waals surface area contributed by atoms with Crippen LogP contribution in [0, 0.1) is 0 Å². The number of alkyl halides is 3. The Bertz CT molecular complexity index is 704. The quantitative estimate of drug-likeness (QED) is 0.374. The summed E-state index contributed by atoms with van der Waals surface area (Å²) in [5.41, 5.74) is -0.0268. The lowest BCUT2D eigenvalue weighted by Crippen LogP contribution is -2.39. The molecule has 0 radical (unpaired) electrons. The zero-order valence-electron chi connectivity index (χ0n) is 15.8. The van der Waals surface area contributed by atoms with Crippen LogP contribution in [0.3, 0.4) is 0 Å². The van der Waals surface area contributed by atoms with Crippen molar-refractivity contribution in [2.75, 3.05) is 32.4 Å². The molecule has 2 N–H and O–H groups in total. The highest BCUT2D eigenvalue weighted by Gasteiger charge is 2.29. The lowest BCUT2D eigenvalue weighted by atomic mass is 10.1. The number of aliphatic imine (C=N–C) groups is 1. The summed E-state index contributed by atoms with van der Waals surface area (Å²) in [6.45, 7) is 5.88. The van der Waals surface area contributed by atoms with Crippen LogP contribution in [-0.2, 0) is 22.7 Å². The molecule has 0 unspecified atom stereocenters. The van der Waals surface area contributed by atoms with E-state index in [-0.39, 0.29) is 6.54 Å². The minimum atomic E-state index is -4.35. The lowest BCUT2D eigenvalue weighted by Gasteiger charge is -2.18. The van der Waals surface area contributed by atoms with Gasteiger partial charge < -0.3 is 10.6 Å². The third kappa shape index (κ3) is 8.61. The molecule has 0 spiro atoms. The molecule has 0 saturated heterocycles. The Kier molecular flexibility index (Phi) is 9.04. The number of rotatable bonds is 9. The number of nitrogens with zero attached hydrogens (tertiary/aromatic N) is 2. The van der Waals surface area contributed by atoms with E-state index in [0.717, 1.165) is 12.1 Å². The number of halogens is 3. The van der Waals surface area contributed by atoms with E-state index in [2.05, 4.69) is 15.6 Å². The Morgan fingerprint density at radius 1 is 1.15 bits per heavy atom. The predicted octanol–water partition coefficient (Wildman–Crippen LogP) is 2.43. The average Bonchev–Trinajstić information content (AvgIpc) is 2.58. The Labute approximate surface area is 158 Å². The van der Waals surface area contributed by atoms with Gasteiger partial charge in [0.1, 0.15) is 0 Å². The molecule has 0 atom stereocenters. The van der Waals surface area contributed by atoms with Gasteiger partial charge in [-0.3, -0.25) is 0 Å². The SMILES string of the molecule is CCNC(=NCc1ccc(C(F)(F)F)cc1)NCCCN(CC)S(C)(=O)=O. The van der Waals surface area contributed by atoms with Crippen LogP contribution in [0.1, 0.15) is 31.4 Å². The standard InChI is InChI=1S/C17H27F3N4O2S/c1-4-21-16(22-11-6-12-24(5-2)27(3,25)26)23-13-14-7-9-15(10-8-14)17(18,19)20/h7-10H,4-6,11-13H2,1-3H3,(H2,21,22,23). The Balaban J connectivity index is 2.57. The highest BCUT2D eigenvalue weighted by Crippen LogP contribution is 2.29. The molecule has 10 heteroatoms. The molecule has 0 bridgehead atoms. The van der Waals surface area contributed by atoms with Crippen molar-refractivity contribution in [2.24, 2.45) is 4.99 Å². The summed E-state index contributed by atoms with van der Waals surface area (Å²) >= 11 is 0. The molecular formula is C17H27F3N4O2S. The normalized spacial score (nSPS) is 13.1. The van der Waals surface area contributed by atoms with Crippen molar-refractivity contribution in [3.63, 3.8) is 0 Å². The second kappa shape index (κ2) is 10.5. The second-order valence-electron chi connectivity index (χ2n) is 5.92.